The SMILES string of the molecule is N=C(Cn1ccnc1)c1ccc(C#CC2CC2)cc1. The molecule has 1 heterocycles. The molecule has 1 aromatic heterocycles. The van der Waals surface area contributed by atoms with Crippen LogP contribution in [0.5, 0.6) is 0 Å². The molecule has 3 heteroatoms. The molecule has 94 valence electrons. The fourth-order valence-electron chi connectivity index (χ4n) is 1.82. The summed E-state index contributed by atoms with van der Waals surface area (Å²) in [6.45, 7) is 0.549. The van der Waals surface area contributed by atoms with E-state index in [1.807, 2.05) is 35.0 Å². The van der Waals surface area contributed by atoms with Gasteiger partial charge in [-0.15, -0.1) is 0 Å². The van der Waals surface area contributed by atoms with Gasteiger partial charge in [0.1, 0.15) is 0 Å². The van der Waals surface area contributed by atoms with Gasteiger partial charge in [0.2, 0.25) is 0 Å². The minimum Gasteiger partial charge on any atom is -0.331 e. The van der Waals surface area contributed by atoms with E-state index in [2.05, 4.69) is 16.8 Å². The third kappa shape index (κ3) is 3.11. The lowest BCUT2D eigenvalue weighted by Gasteiger charge is -2.05. The molecule has 3 rings (SSSR count). The third-order valence-electron chi connectivity index (χ3n) is 3.13. The second-order valence-corrected chi connectivity index (χ2v) is 4.83. The van der Waals surface area contributed by atoms with Crippen LogP contribution < -0.4 is 0 Å². The Bertz CT molecular complexity index is 623. The van der Waals surface area contributed by atoms with E-state index < -0.39 is 0 Å². The predicted molar refractivity (Wildman–Crippen MR) is 75.1 cm³/mol. The number of imidazole rings is 1. The molecule has 1 N–H and O–H groups in total. The molecule has 0 spiro atoms. The number of rotatable bonds is 3. The van der Waals surface area contributed by atoms with Crippen molar-refractivity contribution in [3.63, 3.8) is 0 Å². The van der Waals surface area contributed by atoms with E-state index in [0.29, 0.717) is 18.2 Å². The average Bonchev–Trinajstić information content (AvgIpc) is 3.13. The van der Waals surface area contributed by atoms with Gasteiger partial charge >= 0.3 is 0 Å². The number of nitrogens with one attached hydrogen (secondary N) is 1. The van der Waals surface area contributed by atoms with Gasteiger partial charge in [0, 0.05) is 23.9 Å². The number of benzene rings is 1. The molecule has 2 aromatic rings. The quantitative estimate of drug-likeness (QED) is 0.659. The van der Waals surface area contributed by atoms with Crippen molar-refractivity contribution < 1.29 is 0 Å². The highest BCUT2D eigenvalue weighted by atomic mass is 15.0. The summed E-state index contributed by atoms with van der Waals surface area (Å²) in [5, 5.41) is 8.07. The van der Waals surface area contributed by atoms with Crippen LogP contribution in [0, 0.1) is 23.2 Å². The second kappa shape index (κ2) is 5.11. The van der Waals surface area contributed by atoms with Crippen LogP contribution in [-0.2, 0) is 6.54 Å². The molecule has 1 saturated carbocycles. The zero-order valence-electron chi connectivity index (χ0n) is 10.6. The Morgan fingerprint density at radius 3 is 2.74 bits per heavy atom. The van der Waals surface area contributed by atoms with Crippen molar-refractivity contribution in [1.29, 1.82) is 5.41 Å². The first-order chi connectivity index (χ1) is 9.31. The zero-order chi connectivity index (χ0) is 13.1. The van der Waals surface area contributed by atoms with Gasteiger partial charge in [-0.1, -0.05) is 24.0 Å². The van der Waals surface area contributed by atoms with E-state index in [-0.39, 0.29) is 0 Å². The molecular formula is C16H15N3. The van der Waals surface area contributed by atoms with E-state index in [1.54, 1.807) is 12.5 Å². The van der Waals surface area contributed by atoms with Crippen molar-refractivity contribution in [3.8, 4) is 11.8 Å². The van der Waals surface area contributed by atoms with Crippen LogP contribution in [-0.4, -0.2) is 15.3 Å². The molecule has 1 aliphatic carbocycles. The highest BCUT2D eigenvalue weighted by Crippen LogP contribution is 2.27. The summed E-state index contributed by atoms with van der Waals surface area (Å²) >= 11 is 0. The standard InChI is InChI=1S/C16H15N3/c17-16(11-19-10-9-18-12-19)15-7-5-14(6-8-15)4-3-13-1-2-13/h5-10,12-13,17H,1-2,11H2. The molecule has 19 heavy (non-hydrogen) atoms. The van der Waals surface area contributed by atoms with Crippen molar-refractivity contribution in [2.75, 3.05) is 0 Å². The summed E-state index contributed by atoms with van der Waals surface area (Å²) in [5.41, 5.74) is 2.55. The highest BCUT2D eigenvalue weighted by molar-refractivity contribution is 5.98. The van der Waals surface area contributed by atoms with Crippen LogP contribution in [0.15, 0.2) is 43.0 Å². The molecular weight excluding hydrogens is 234 g/mol. The normalized spacial score (nSPS) is 13.7. The fraction of sp³-hybridized carbons (Fsp3) is 0.250. The Kier molecular flexibility index (Phi) is 3.16. The molecule has 0 bridgehead atoms. The van der Waals surface area contributed by atoms with Gasteiger partial charge in [0.25, 0.3) is 0 Å². The first-order valence-corrected chi connectivity index (χ1v) is 6.46. The molecule has 0 amide bonds. The first-order valence-electron chi connectivity index (χ1n) is 6.46. The van der Waals surface area contributed by atoms with E-state index in [9.17, 15) is 0 Å². The molecule has 3 nitrogen and oxygen atoms in total. The number of aromatic nitrogens is 2. The lowest BCUT2D eigenvalue weighted by Crippen LogP contribution is -2.08. The van der Waals surface area contributed by atoms with Crippen LogP contribution in [0.3, 0.4) is 0 Å². The Labute approximate surface area is 112 Å². The smallest absolute Gasteiger partial charge is 0.0949 e. The summed E-state index contributed by atoms with van der Waals surface area (Å²) < 4.78 is 1.89. The third-order valence-corrected chi connectivity index (χ3v) is 3.13. The Morgan fingerprint density at radius 1 is 1.32 bits per heavy atom. The van der Waals surface area contributed by atoms with Crippen LogP contribution in [0.25, 0.3) is 0 Å². The summed E-state index contributed by atoms with van der Waals surface area (Å²) in [7, 11) is 0. The van der Waals surface area contributed by atoms with Crippen molar-refractivity contribution in [1.82, 2.24) is 9.55 Å². The van der Waals surface area contributed by atoms with E-state index in [1.165, 1.54) is 12.8 Å². The van der Waals surface area contributed by atoms with Gasteiger partial charge in [0.05, 0.1) is 18.6 Å². The van der Waals surface area contributed by atoms with Crippen molar-refractivity contribution >= 4 is 5.71 Å². The van der Waals surface area contributed by atoms with Gasteiger partial charge in [-0.3, -0.25) is 0 Å². The summed E-state index contributed by atoms with van der Waals surface area (Å²) in [6, 6.07) is 7.92. The second-order valence-electron chi connectivity index (χ2n) is 4.83. The number of nitrogens with zero attached hydrogens (tertiary/aromatic N) is 2. The maximum absolute atomic E-state index is 8.07. The van der Waals surface area contributed by atoms with Gasteiger partial charge in [-0.05, 0) is 30.5 Å². The molecule has 1 aliphatic rings. The molecule has 1 aromatic carbocycles. The highest BCUT2D eigenvalue weighted by Gasteiger charge is 2.17. The average molecular weight is 249 g/mol. The largest absolute Gasteiger partial charge is 0.331 e. The van der Waals surface area contributed by atoms with Gasteiger partial charge < -0.3 is 9.98 Å². The van der Waals surface area contributed by atoms with E-state index in [0.717, 1.165) is 11.1 Å². The van der Waals surface area contributed by atoms with Gasteiger partial charge in [-0.25, -0.2) is 4.98 Å². The summed E-state index contributed by atoms with van der Waals surface area (Å²) in [4.78, 5) is 3.98. The minimum atomic E-state index is 0.549. The van der Waals surface area contributed by atoms with Crippen LogP contribution in [0.2, 0.25) is 0 Å². The van der Waals surface area contributed by atoms with Crippen LogP contribution >= 0.6 is 0 Å². The van der Waals surface area contributed by atoms with Crippen molar-refractivity contribution in [3.05, 3.63) is 54.1 Å². The number of hydrogen-bond donors (Lipinski definition) is 1. The Hall–Kier alpha value is -2.34. The summed E-state index contributed by atoms with van der Waals surface area (Å²) in [6.07, 6.45) is 7.82. The molecule has 1 fully saturated rings. The van der Waals surface area contributed by atoms with Gasteiger partial charge in [0.15, 0.2) is 0 Å². The Balaban J connectivity index is 1.68. The lowest BCUT2D eigenvalue weighted by molar-refractivity contribution is 0.846. The molecule has 0 saturated heterocycles. The van der Waals surface area contributed by atoms with Crippen LogP contribution in [0.1, 0.15) is 24.0 Å². The maximum atomic E-state index is 8.07. The maximum Gasteiger partial charge on any atom is 0.0949 e. The minimum absolute atomic E-state index is 0.549. The molecule has 0 atom stereocenters. The zero-order valence-corrected chi connectivity index (χ0v) is 10.6. The summed E-state index contributed by atoms with van der Waals surface area (Å²) in [5.74, 6) is 7.05. The lowest BCUT2D eigenvalue weighted by atomic mass is 10.1. The monoisotopic (exact) mass is 249 g/mol. The van der Waals surface area contributed by atoms with Crippen molar-refractivity contribution in [2.45, 2.75) is 19.4 Å². The fourth-order valence-corrected chi connectivity index (χ4v) is 1.82. The molecule has 0 aliphatic heterocycles. The van der Waals surface area contributed by atoms with E-state index in [4.69, 9.17) is 5.41 Å². The van der Waals surface area contributed by atoms with E-state index >= 15 is 0 Å². The van der Waals surface area contributed by atoms with Crippen molar-refractivity contribution in [2.24, 2.45) is 5.92 Å². The molecule has 0 unspecified atom stereocenters. The van der Waals surface area contributed by atoms with Gasteiger partial charge in [-0.2, -0.15) is 0 Å². The predicted octanol–water partition coefficient (Wildman–Crippen LogP) is 2.71. The molecule has 0 radical (unpaired) electrons. The Morgan fingerprint density at radius 2 is 2.11 bits per heavy atom. The topological polar surface area (TPSA) is 41.7 Å². The first kappa shape index (κ1) is 11.7. The number of hydrogen-bond acceptors (Lipinski definition) is 2. The van der Waals surface area contributed by atoms with Crippen LogP contribution in [0.4, 0.5) is 0 Å².